The Morgan fingerprint density at radius 1 is 1.41 bits per heavy atom. The van der Waals surface area contributed by atoms with Crippen molar-refractivity contribution in [3.8, 4) is 0 Å². The Labute approximate surface area is 141 Å². The minimum atomic E-state index is -0.0237. The summed E-state index contributed by atoms with van der Waals surface area (Å²) in [5.74, 6) is 0.317. The number of carbonyl (C=O) groups excluding carboxylic acids is 1. The van der Waals surface area contributed by atoms with Crippen molar-refractivity contribution in [1.82, 2.24) is 15.5 Å². The SMILES string of the molecule is COCCNC(=O)CSc1nnc(NCCc2cccs2)s1. The van der Waals surface area contributed by atoms with E-state index in [0.717, 1.165) is 22.4 Å². The molecule has 0 spiro atoms. The molecule has 0 aliphatic heterocycles. The van der Waals surface area contributed by atoms with Crippen molar-refractivity contribution >= 4 is 45.5 Å². The van der Waals surface area contributed by atoms with E-state index in [1.54, 1.807) is 18.4 Å². The molecule has 0 saturated heterocycles. The van der Waals surface area contributed by atoms with Gasteiger partial charge in [-0.25, -0.2) is 0 Å². The largest absolute Gasteiger partial charge is 0.383 e. The first-order valence-electron chi connectivity index (χ1n) is 6.76. The minimum absolute atomic E-state index is 0.0237. The number of amides is 1. The third-order valence-corrected chi connectivity index (χ3v) is 5.54. The highest BCUT2D eigenvalue weighted by molar-refractivity contribution is 8.01. The van der Waals surface area contributed by atoms with Crippen molar-refractivity contribution in [1.29, 1.82) is 0 Å². The van der Waals surface area contributed by atoms with Crippen LogP contribution in [0.2, 0.25) is 0 Å². The number of methoxy groups -OCH3 is 1. The molecule has 0 aliphatic rings. The van der Waals surface area contributed by atoms with Crippen LogP contribution in [0, 0.1) is 0 Å². The minimum Gasteiger partial charge on any atom is -0.383 e. The smallest absolute Gasteiger partial charge is 0.230 e. The number of hydrogen-bond donors (Lipinski definition) is 2. The van der Waals surface area contributed by atoms with Gasteiger partial charge in [-0.2, -0.15) is 0 Å². The molecule has 0 unspecified atom stereocenters. The van der Waals surface area contributed by atoms with E-state index in [2.05, 4.69) is 38.3 Å². The van der Waals surface area contributed by atoms with Crippen molar-refractivity contribution in [2.75, 3.05) is 37.9 Å². The molecule has 0 saturated carbocycles. The third kappa shape index (κ3) is 6.30. The Kier molecular flexibility index (Phi) is 7.64. The molecule has 9 heteroatoms. The Morgan fingerprint density at radius 2 is 2.32 bits per heavy atom. The van der Waals surface area contributed by atoms with Crippen LogP contribution in [0.15, 0.2) is 21.9 Å². The van der Waals surface area contributed by atoms with E-state index in [1.807, 2.05) is 0 Å². The normalized spacial score (nSPS) is 10.6. The van der Waals surface area contributed by atoms with Crippen LogP contribution in [0.1, 0.15) is 4.88 Å². The second kappa shape index (κ2) is 9.78. The molecule has 0 aromatic carbocycles. The fourth-order valence-corrected chi connectivity index (χ4v) is 3.87. The summed E-state index contributed by atoms with van der Waals surface area (Å²) in [4.78, 5) is 12.9. The summed E-state index contributed by atoms with van der Waals surface area (Å²) >= 11 is 4.61. The molecule has 0 bridgehead atoms. The predicted octanol–water partition coefficient (Wildman–Crippen LogP) is 2.11. The average Bonchev–Trinajstić information content (AvgIpc) is 3.17. The van der Waals surface area contributed by atoms with Gasteiger partial charge in [0.05, 0.1) is 12.4 Å². The standard InChI is InChI=1S/C13H18N4O2S3/c1-19-7-6-14-11(18)9-21-13-17-16-12(22-13)15-5-4-10-3-2-8-20-10/h2-3,8H,4-7,9H2,1H3,(H,14,18)(H,15,16). The number of aromatic nitrogens is 2. The molecule has 2 aromatic rings. The molecule has 2 N–H and O–H groups in total. The van der Waals surface area contributed by atoms with Gasteiger partial charge >= 0.3 is 0 Å². The second-order valence-electron chi connectivity index (χ2n) is 4.26. The number of thioether (sulfide) groups is 1. The Balaban J connectivity index is 1.64. The van der Waals surface area contributed by atoms with Gasteiger partial charge < -0.3 is 15.4 Å². The average molecular weight is 359 g/mol. The van der Waals surface area contributed by atoms with Crippen molar-refractivity contribution in [3.63, 3.8) is 0 Å². The van der Waals surface area contributed by atoms with Gasteiger partial charge in [0, 0.05) is 25.1 Å². The molecule has 22 heavy (non-hydrogen) atoms. The molecular formula is C13H18N4O2S3. The van der Waals surface area contributed by atoms with Crippen LogP contribution in [-0.4, -0.2) is 48.7 Å². The molecular weight excluding hydrogens is 340 g/mol. The lowest BCUT2D eigenvalue weighted by molar-refractivity contribution is -0.118. The number of nitrogens with zero attached hydrogens (tertiary/aromatic N) is 2. The number of ether oxygens (including phenoxy) is 1. The third-order valence-electron chi connectivity index (χ3n) is 2.59. The molecule has 0 fully saturated rings. The lowest BCUT2D eigenvalue weighted by atomic mass is 10.3. The quantitative estimate of drug-likeness (QED) is 0.500. The second-order valence-corrected chi connectivity index (χ2v) is 7.49. The number of nitrogens with one attached hydrogen (secondary N) is 2. The van der Waals surface area contributed by atoms with Crippen LogP contribution in [-0.2, 0) is 16.0 Å². The molecule has 2 rings (SSSR count). The maximum absolute atomic E-state index is 11.6. The highest BCUT2D eigenvalue weighted by Gasteiger charge is 2.07. The zero-order chi connectivity index (χ0) is 15.6. The van der Waals surface area contributed by atoms with Gasteiger partial charge in [-0.1, -0.05) is 29.2 Å². The van der Waals surface area contributed by atoms with E-state index >= 15 is 0 Å². The first-order valence-corrected chi connectivity index (χ1v) is 9.44. The molecule has 120 valence electrons. The molecule has 2 aromatic heterocycles. The zero-order valence-electron chi connectivity index (χ0n) is 12.2. The number of thiophene rings is 1. The molecule has 0 radical (unpaired) electrons. The lowest BCUT2D eigenvalue weighted by Gasteiger charge is -2.02. The van der Waals surface area contributed by atoms with Gasteiger partial charge in [0.2, 0.25) is 11.0 Å². The number of anilines is 1. The summed E-state index contributed by atoms with van der Waals surface area (Å²) in [6.45, 7) is 1.88. The van der Waals surface area contributed by atoms with Crippen molar-refractivity contribution in [2.24, 2.45) is 0 Å². The molecule has 0 atom stereocenters. The summed E-state index contributed by atoms with van der Waals surface area (Å²) in [6.07, 6.45) is 0.974. The summed E-state index contributed by atoms with van der Waals surface area (Å²) < 4.78 is 5.67. The summed E-state index contributed by atoms with van der Waals surface area (Å²) in [5.41, 5.74) is 0. The highest BCUT2D eigenvalue weighted by Crippen LogP contribution is 2.25. The van der Waals surface area contributed by atoms with Crippen molar-refractivity contribution < 1.29 is 9.53 Å². The Hall–Kier alpha value is -1.16. The van der Waals surface area contributed by atoms with Gasteiger partial charge in [0.25, 0.3) is 0 Å². The number of carbonyl (C=O) groups is 1. The van der Waals surface area contributed by atoms with Crippen LogP contribution in [0.3, 0.4) is 0 Å². The van der Waals surface area contributed by atoms with Crippen LogP contribution in [0.25, 0.3) is 0 Å². The topological polar surface area (TPSA) is 76.1 Å². The fraction of sp³-hybridized carbons (Fsp3) is 0.462. The van der Waals surface area contributed by atoms with Gasteiger partial charge in [-0.15, -0.1) is 21.5 Å². The van der Waals surface area contributed by atoms with Crippen LogP contribution in [0.4, 0.5) is 5.13 Å². The maximum Gasteiger partial charge on any atom is 0.230 e. The van der Waals surface area contributed by atoms with E-state index in [0.29, 0.717) is 18.9 Å². The molecule has 6 nitrogen and oxygen atoms in total. The zero-order valence-corrected chi connectivity index (χ0v) is 14.7. The summed E-state index contributed by atoms with van der Waals surface area (Å²) in [5, 5.41) is 17.0. The fourth-order valence-electron chi connectivity index (χ4n) is 1.56. The summed E-state index contributed by atoms with van der Waals surface area (Å²) in [7, 11) is 1.61. The first-order chi connectivity index (χ1) is 10.8. The van der Waals surface area contributed by atoms with Crippen molar-refractivity contribution in [3.05, 3.63) is 22.4 Å². The molecule has 2 heterocycles. The van der Waals surface area contributed by atoms with E-state index in [9.17, 15) is 4.79 Å². The van der Waals surface area contributed by atoms with Crippen LogP contribution < -0.4 is 10.6 Å². The van der Waals surface area contributed by atoms with E-state index < -0.39 is 0 Å². The number of rotatable bonds is 10. The van der Waals surface area contributed by atoms with E-state index in [1.165, 1.54) is 28.0 Å². The van der Waals surface area contributed by atoms with Crippen molar-refractivity contribution in [2.45, 2.75) is 10.8 Å². The monoisotopic (exact) mass is 358 g/mol. The van der Waals surface area contributed by atoms with Crippen LogP contribution >= 0.6 is 34.4 Å². The van der Waals surface area contributed by atoms with Crippen LogP contribution in [0.5, 0.6) is 0 Å². The molecule has 0 aliphatic carbocycles. The van der Waals surface area contributed by atoms with Gasteiger partial charge in [0.1, 0.15) is 0 Å². The molecule has 1 amide bonds. The first kappa shape index (κ1) is 17.2. The Bertz CT molecular complexity index is 559. The van der Waals surface area contributed by atoms with Gasteiger partial charge in [0.15, 0.2) is 4.34 Å². The predicted molar refractivity (Wildman–Crippen MR) is 92.0 cm³/mol. The lowest BCUT2D eigenvalue weighted by Crippen LogP contribution is -2.28. The summed E-state index contributed by atoms with van der Waals surface area (Å²) in [6, 6.07) is 4.17. The van der Waals surface area contributed by atoms with Gasteiger partial charge in [-0.05, 0) is 17.9 Å². The Morgan fingerprint density at radius 3 is 3.09 bits per heavy atom. The maximum atomic E-state index is 11.6. The van der Waals surface area contributed by atoms with E-state index in [4.69, 9.17) is 4.74 Å². The van der Waals surface area contributed by atoms with Gasteiger partial charge in [-0.3, -0.25) is 4.79 Å². The highest BCUT2D eigenvalue weighted by atomic mass is 32.2. The number of hydrogen-bond acceptors (Lipinski definition) is 8. The van der Waals surface area contributed by atoms with E-state index in [-0.39, 0.29) is 5.91 Å².